The number of hydrogen-bond acceptors (Lipinski definition) is 10. The summed E-state index contributed by atoms with van der Waals surface area (Å²) >= 11 is 0. The van der Waals surface area contributed by atoms with Crippen LogP contribution in [0.1, 0.15) is 93.7 Å². The molecule has 14 heteroatoms. The second kappa shape index (κ2) is 14.8. The van der Waals surface area contributed by atoms with Crippen molar-refractivity contribution in [2.45, 2.75) is 130 Å². The van der Waals surface area contributed by atoms with Gasteiger partial charge in [-0.1, -0.05) is 19.1 Å². The number of nitrogens with zero attached hydrogens (tertiary/aromatic N) is 4. The van der Waals surface area contributed by atoms with Gasteiger partial charge in [-0.2, -0.15) is 0 Å². The van der Waals surface area contributed by atoms with Crippen LogP contribution in [0, 0.1) is 5.92 Å². The Kier molecular flexibility index (Phi) is 12.4. The number of amides is 2. The van der Waals surface area contributed by atoms with Crippen LogP contribution in [0.25, 0.3) is 0 Å². The standard InChI is InChI=1S/C29H49N5O9/c1-19(2)22(23(35)42-27(3,4)5)30-25(38)40-14-12-10-11-13-33-16-20(31-32-33)18-41-21-15-29(9,24(36)37)34(17-21)26(39)43-28(6,7)8/h16,19,21-22H,10-15,17-18H2,1-9H3,(H,30,38)(H,36,37)/t21-,22+,29+/m1/s1. The van der Waals surface area contributed by atoms with E-state index in [-0.39, 0.29) is 32.1 Å². The summed E-state index contributed by atoms with van der Waals surface area (Å²) in [6, 6.07) is -0.795. The molecule has 2 heterocycles. The average molecular weight is 612 g/mol. The predicted molar refractivity (Wildman–Crippen MR) is 155 cm³/mol. The van der Waals surface area contributed by atoms with Crippen molar-refractivity contribution in [1.29, 1.82) is 0 Å². The first-order chi connectivity index (χ1) is 19.8. The maximum Gasteiger partial charge on any atom is 0.411 e. The number of carbonyl (C=O) groups excluding carboxylic acids is 3. The van der Waals surface area contributed by atoms with Crippen molar-refractivity contribution < 1.29 is 43.2 Å². The Morgan fingerprint density at radius 1 is 1.07 bits per heavy atom. The van der Waals surface area contributed by atoms with Crippen LogP contribution in [0.2, 0.25) is 0 Å². The highest BCUT2D eigenvalue weighted by atomic mass is 16.6. The summed E-state index contributed by atoms with van der Waals surface area (Å²) in [5, 5.41) is 20.6. The number of rotatable bonds is 13. The van der Waals surface area contributed by atoms with Crippen LogP contribution in [0.4, 0.5) is 9.59 Å². The largest absolute Gasteiger partial charge is 0.480 e. The maximum atomic E-state index is 12.7. The molecule has 1 fully saturated rings. The maximum absolute atomic E-state index is 12.7. The number of carbonyl (C=O) groups is 4. The normalized spacial score (nSPS) is 19.7. The van der Waals surface area contributed by atoms with E-state index in [0.717, 1.165) is 12.8 Å². The number of aliphatic carboxylic acids is 1. The molecule has 244 valence electrons. The van der Waals surface area contributed by atoms with E-state index in [9.17, 15) is 24.3 Å². The summed E-state index contributed by atoms with van der Waals surface area (Å²) in [4.78, 5) is 50.4. The van der Waals surface area contributed by atoms with E-state index in [0.29, 0.717) is 18.7 Å². The van der Waals surface area contributed by atoms with Crippen molar-refractivity contribution in [3.63, 3.8) is 0 Å². The summed E-state index contributed by atoms with van der Waals surface area (Å²) in [6.07, 6.45) is 2.19. The van der Waals surface area contributed by atoms with E-state index in [1.54, 1.807) is 52.4 Å². The molecular formula is C29H49N5O9. The van der Waals surface area contributed by atoms with Gasteiger partial charge in [0, 0.05) is 13.0 Å². The van der Waals surface area contributed by atoms with Gasteiger partial charge < -0.3 is 29.4 Å². The summed E-state index contributed by atoms with van der Waals surface area (Å²) in [5.74, 6) is -1.78. The lowest BCUT2D eigenvalue weighted by Crippen LogP contribution is -2.52. The minimum Gasteiger partial charge on any atom is -0.480 e. The van der Waals surface area contributed by atoms with Gasteiger partial charge in [0.2, 0.25) is 0 Å². The number of ether oxygens (including phenoxy) is 4. The molecule has 1 aromatic heterocycles. The first kappa shape index (κ1) is 35.8. The molecule has 0 saturated carbocycles. The van der Waals surface area contributed by atoms with Gasteiger partial charge in [0.25, 0.3) is 0 Å². The van der Waals surface area contributed by atoms with Gasteiger partial charge in [0.1, 0.15) is 28.5 Å². The quantitative estimate of drug-likeness (QED) is 0.188. The number of nitrogens with one attached hydrogen (secondary N) is 1. The Morgan fingerprint density at radius 3 is 2.30 bits per heavy atom. The molecule has 0 spiro atoms. The molecule has 0 radical (unpaired) electrons. The molecule has 2 rings (SSSR count). The van der Waals surface area contributed by atoms with Crippen LogP contribution >= 0.6 is 0 Å². The van der Waals surface area contributed by atoms with Crippen LogP contribution in [0.3, 0.4) is 0 Å². The van der Waals surface area contributed by atoms with Gasteiger partial charge in [-0.3, -0.25) is 9.58 Å². The molecule has 1 aliphatic rings. The van der Waals surface area contributed by atoms with Gasteiger partial charge in [-0.15, -0.1) is 5.10 Å². The third-order valence-electron chi connectivity index (χ3n) is 6.60. The van der Waals surface area contributed by atoms with E-state index in [1.165, 1.54) is 11.8 Å². The minimum atomic E-state index is -1.44. The lowest BCUT2D eigenvalue weighted by molar-refractivity contribution is -0.158. The number of alkyl carbamates (subject to hydrolysis) is 1. The van der Waals surface area contributed by atoms with Crippen LogP contribution in [0.15, 0.2) is 6.20 Å². The molecule has 1 saturated heterocycles. The lowest BCUT2D eigenvalue weighted by atomic mass is 9.99. The van der Waals surface area contributed by atoms with E-state index >= 15 is 0 Å². The second-order valence-electron chi connectivity index (χ2n) is 13.4. The number of aromatic nitrogens is 3. The highest BCUT2D eigenvalue weighted by Gasteiger charge is 2.52. The van der Waals surface area contributed by atoms with Crippen molar-refractivity contribution in [2.75, 3.05) is 13.2 Å². The molecule has 2 N–H and O–H groups in total. The van der Waals surface area contributed by atoms with Gasteiger partial charge in [0.15, 0.2) is 0 Å². The number of aryl methyl sites for hydroxylation is 1. The molecular weight excluding hydrogens is 562 g/mol. The second-order valence-corrected chi connectivity index (χ2v) is 13.4. The van der Waals surface area contributed by atoms with Gasteiger partial charge in [-0.05, 0) is 73.6 Å². The molecule has 0 aromatic carbocycles. The van der Waals surface area contributed by atoms with E-state index in [2.05, 4.69) is 15.6 Å². The smallest absolute Gasteiger partial charge is 0.411 e. The van der Waals surface area contributed by atoms with Crippen LogP contribution in [0.5, 0.6) is 0 Å². The number of hydrogen-bond donors (Lipinski definition) is 2. The average Bonchev–Trinajstić information content (AvgIpc) is 3.45. The molecule has 0 bridgehead atoms. The van der Waals surface area contributed by atoms with Crippen LogP contribution < -0.4 is 5.32 Å². The number of carboxylic acid groups (broad SMARTS) is 1. The van der Waals surface area contributed by atoms with Crippen molar-refractivity contribution in [1.82, 2.24) is 25.2 Å². The SMILES string of the molecule is CC(C)[C@H](NC(=O)OCCCCCn1cc(CO[C@H]2CN(C(=O)OC(C)(C)C)[C@](C)(C(=O)O)C2)nn1)C(=O)OC(C)(C)C. The van der Waals surface area contributed by atoms with Crippen molar-refractivity contribution in [3.05, 3.63) is 11.9 Å². The number of esters is 1. The van der Waals surface area contributed by atoms with E-state index in [1.807, 2.05) is 13.8 Å². The first-order valence-corrected chi connectivity index (χ1v) is 14.7. The number of carboxylic acids is 1. The van der Waals surface area contributed by atoms with Crippen molar-refractivity contribution >= 4 is 24.1 Å². The van der Waals surface area contributed by atoms with Gasteiger partial charge in [-0.25, -0.2) is 19.2 Å². The number of unbranched alkanes of at least 4 members (excludes halogenated alkanes) is 2. The molecule has 14 nitrogen and oxygen atoms in total. The predicted octanol–water partition coefficient (Wildman–Crippen LogP) is 3.91. The van der Waals surface area contributed by atoms with E-state index in [4.69, 9.17) is 18.9 Å². The van der Waals surface area contributed by atoms with Crippen LogP contribution in [-0.4, -0.2) is 91.2 Å². The zero-order valence-electron chi connectivity index (χ0n) is 27.0. The topological polar surface area (TPSA) is 171 Å². The first-order valence-electron chi connectivity index (χ1n) is 14.7. The minimum absolute atomic E-state index is 0.0884. The zero-order chi connectivity index (χ0) is 32.6. The molecule has 1 aliphatic heterocycles. The Labute approximate surface area is 253 Å². The lowest BCUT2D eigenvalue weighted by Gasteiger charge is -2.32. The Balaban J connectivity index is 1.72. The summed E-state index contributed by atoms with van der Waals surface area (Å²) in [5.41, 5.74) is -2.27. The highest BCUT2D eigenvalue weighted by molar-refractivity contribution is 5.85. The summed E-state index contributed by atoms with van der Waals surface area (Å²) < 4.78 is 23.6. The Hall–Kier alpha value is -3.42. The molecule has 0 aliphatic carbocycles. The summed E-state index contributed by atoms with van der Waals surface area (Å²) in [6.45, 7) is 16.6. The van der Waals surface area contributed by atoms with E-state index < -0.39 is 53.0 Å². The summed E-state index contributed by atoms with van der Waals surface area (Å²) in [7, 11) is 0. The van der Waals surface area contributed by atoms with Crippen LogP contribution in [-0.2, 0) is 41.7 Å². The van der Waals surface area contributed by atoms with Crippen molar-refractivity contribution in [2.24, 2.45) is 5.92 Å². The van der Waals surface area contributed by atoms with Gasteiger partial charge >= 0.3 is 24.1 Å². The molecule has 2 amide bonds. The molecule has 43 heavy (non-hydrogen) atoms. The fraction of sp³-hybridized carbons (Fsp3) is 0.793. The fourth-order valence-corrected chi connectivity index (χ4v) is 4.40. The third-order valence-corrected chi connectivity index (χ3v) is 6.60. The molecule has 3 atom stereocenters. The van der Waals surface area contributed by atoms with Gasteiger partial charge in [0.05, 0.1) is 32.1 Å². The third kappa shape index (κ3) is 11.6. The monoisotopic (exact) mass is 611 g/mol. The fourth-order valence-electron chi connectivity index (χ4n) is 4.40. The number of likely N-dealkylation sites (tertiary alicyclic amines) is 1. The molecule has 0 unspecified atom stereocenters. The Bertz CT molecular complexity index is 1110. The highest BCUT2D eigenvalue weighted by Crippen LogP contribution is 2.33. The Morgan fingerprint density at radius 2 is 1.72 bits per heavy atom. The zero-order valence-corrected chi connectivity index (χ0v) is 27.0. The van der Waals surface area contributed by atoms with Crippen molar-refractivity contribution in [3.8, 4) is 0 Å². The molecule has 1 aromatic rings.